The molecule has 1 aliphatic rings. The van der Waals surface area contributed by atoms with E-state index < -0.39 is 0 Å². The largest absolute Gasteiger partial charge is 0.494 e. The topological polar surface area (TPSA) is 114 Å². The zero-order valence-corrected chi connectivity index (χ0v) is 18.6. The fraction of sp³-hybridized carbons (Fsp3) is 0.208. The van der Waals surface area contributed by atoms with Gasteiger partial charge in [0, 0.05) is 25.4 Å². The summed E-state index contributed by atoms with van der Waals surface area (Å²) in [5, 5.41) is 3.20. The van der Waals surface area contributed by atoms with Gasteiger partial charge < -0.3 is 30.4 Å². The summed E-state index contributed by atoms with van der Waals surface area (Å²) in [5.41, 5.74) is 10.7. The summed E-state index contributed by atoms with van der Waals surface area (Å²) in [6.07, 6.45) is 3.33. The summed E-state index contributed by atoms with van der Waals surface area (Å²) in [4.78, 5) is 18.7. The third-order valence-corrected chi connectivity index (χ3v) is 5.58. The average molecular weight is 462 g/mol. The van der Waals surface area contributed by atoms with Gasteiger partial charge in [0.2, 0.25) is 5.95 Å². The van der Waals surface area contributed by atoms with Gasteiger partial charge in [-0.2, -0.15) is 0 Å². The van der Waals surface area contributed by atoms with Crippen molar-refractivity contribution in [1.82, 2.24) is 19.9 Å². The number of nitrogens with one attached hydrogen (secondary N) is 2. The summed E-state index contributed by atoms with van der Waals surface area (Å²) in [7, 11) is 1.61. The average Bonchev–Trinajstić information content (AvgIpc) is 3.36. The predicted molar refractivity (Wildman–Crippen MR) is 129 cm³/mol. The molecule has 174 valence electrons. The van der Waals surface area contributed by atoms with Crippen LogP contribution in [0.15, 0.2) is 54.9 Å². The highest BCUT2D eigenvalue weighted by Gasteiger charge is 2.18. The number of hydrogen-bond acceptors (Lipinski definition) is 8. The number of rotatable bonds is 6. The summed E-state index contributed by atoms with van der Waals surface area (Å²) in [5.74, 6) is 1.28. The lowest BCUT2D eigenvalue weighted by Crippen LogP contribution is -2.36. The minimum absolute atomic E-state index is 0.288. The number of anilines is 4. The molecule has 0 spiro atoms. The van der Waals surface area contributed by atoms with Gasteiger partial charge >= 0.3 is 0 Å². The Balaban J connectivity index is 1.39. The molecule has 5 rings (SSSR count). The van der Waals surface area contributed by atoms with Gasteiger partial charge in [-0.1, -0.05) is 0 Å². The Morgan fingerprint density at radius 2 is 1.91 bits per heavy atom. The molecule has 3 heterocycles. The van der Waals surface area contributed by atoms with Crippen LogP contribution in [0.25, 0.3) is 22.8 Å². The Hall–Kier alpha value is -4.18. The van der Waals surface area contributed by atoms with Crippen LogP contribution in [0.1, 0.15) is 0 Å². The van der Waals surface area contributed by atoms with E-state index in [1.807, 2.05) is 12.1 Å². The number of halogens is 1. The molecular formula is C24H24FN7O2. The molecule has 0 atom stereocenters. The number of aromatic nitrogens is 4. The van der Waals surface area contributed by atoms with Gasteiger partial charge in [0.15, 0.2) is 5.82 Å². The smallest absolute Gasteiger partial charge is 0.227 e. The Morgan fingerprint density at radius 3 is 2.68 bits per heavy atom. The molecule has 2 aromatic carbocycles. The maximum atomic E-state index is 13.2. The molecule has 0 unspecified atom stereocenters. The van der Waals surface area contributed by atoms with Crippen molar-refractivity contribution in [3.05, 3.63) is 60.7 Å². The molecule has 0 saturated carbocycles. The van der Waals surface area contributed by atoms with Crippen molar-refractivity contribution < 1.29 is 13.9 Å². The van der Waals surface area contributed by atoms with Crippen LogP contribution in [0.4, 0.5) is 27.4 Å². The lowest BCUT2D eigenvalue weighted by atomic mass is 10.2. The van der Waals surface area contributed by atoms with Gasteiger partial charge in [-0.15, -0.1) is 0 Å². The lowest BCUT2D eigenvalue weighted by molar-refractivity contribution is 0.123. The first-order valence-electron chi connectivity index (χ1n) is 10.8. The first-order chi connectivity index (χ1) is 16.6. The molecule has 0 radical (unpaired) electrons. The minimum atomic E-state index is -0.288. The van der Waals surface area contributed by atoms with Crippen LogP contribution >= 0.6 is 0 Å². The van der Waals surface area contributed by atoms with Crippen molar-refractivity contribution in [2.45, 2.75) is 0 Å². The molecule has 34 heavy (non-hydrogen) atoms. The first kappa shape index (κ1) is 21.7. The van der Waals surface area contributed by atoms with Gasteiger partial charge in [0.1, 0.15) is 17.3 Å². The fourth-order valence-corrected chi connectivity index (χ4v) is 3.83. The predicted octanol–water partition coefficient (Wildman–Crippen LogP) is 3.84. The molecule has 1 aliphatic heterocycles. The van der Waals surface area contributed by atoms with E-state index >= 15 is 0 Å². The molecule has 4 aromatic rings. The van der Waals surface area contributed by atoms with E-state index in [9.17, 15) is 4.39 Å². The Bertz CT molecular complexity index is 1290. The summed E-state index contributed by atoms with van der Waals surface area (Å²) >= 11 is 0. The highest BCUT2D eigenvalue weighted by molar-refractivity contribution is 5.79. The second-order valence-corrected chi connectivity index (χ2v) is 7.75. The summed E-state index contributed by atoms with van der Waals surface area (Å²) in [6, 6.07) is 11.7. The van der Waals surface area contributed by atoms with Crippen LogP contribution in [0.5, 0.6) is 5.75 Å². The quantitative estimate of drug-likeness (QED) is 0.371. The number of nitrogens with zero attached hydrogens (tertiary/aromatic N) is 4. The van der Waals surface area contributed by atoms with Crippen molar-refractivity contribution >= 4 is 23.0 Å². The molecule has 4 N–H and O–H groups in total. The Kier molecular flexibility index (Phi) is 5.96. The number of nitrogen functional groups attached to an aromatic ring is 1. The maximum absolute atomic E-state index is 13.2. The Labute approximate surface area is 195 Å². The van der Waals surface area contributed by atoms with E-state index in [0.29, 0.717) is 47.8 Å². The number of H-pyrrole nitrogens is 1. The van der Waals surface area contributed by atoms with E-state index in [1.165, 1.54) is 12.1 Å². The van der Waals surface area contributed by atoms with E-state index in [-0.39, 0.29) is 5.82 Å². The van der Waals surface area contributed by atoms with Crippen molar-refractivity contribution in [1.29, 1.82) is 0 Å². The number of morpholine rings is 1. The molecule has 0 aliphatic carbocycles. The van der Waals surface area contributed by atoms with E-state index in [4.69, 9.17) is 15.2 Å². The highest BCUT2D eigenvalue weighted by atomic mass is 19.1. The van der Waals surface area contributed by atoms with Gasteiger partial charge in [0.25, 0.3) is 0 Å². The third kappa shape index (κ3) is 4.48. The summed E-state index contributed by atoms with van der Waals surface area (Å²) in [6.45, 7) is 2.87. The molecule has 1 saturated heterocycles. The normalized spacial score (nSPS) is 13.6. The highest BCUT2D eigenvalue weighted by Crippen LogP contribution is 2.37. The zero-order chi connectivity index (χ0) is 23.5. The monoisotopic (exact) mass is 461 g/mol. The van der Waals surface area contributed by atoms with Crippen molar-refractivity contribution in [3.63, 3.8) is 0 Å². The van der Waals surface area contributed by atoms with Gasteiger partial charge in [0.05, 0.1) is 49.3 Å². The van der Waals surface area contributed by atoms with Crippen LogP contribution in [-0.2, 0) is 4.74 Å². The molecule has 0 amide bonds. The Morgan fingerprint density at radius 1 is 1.12 bits per heavy atom. The van der Waals surface area contributed by atoms with E-state index in [2.05, 4.69) is 30.2 Å². The lowest BCUT2D eigenvalue weighted by Gasteiger charge is -2.30. The van der Waals surface area contributed by atoms with Crippen LogP contribution in [0.3, 0.4) is 0 Å². The molecule has 1 fully saturated rings. The number of nitrogens with two attached hydrogens (primary N) is 1. The van der Waals surface area contributed by atoms with Gasteiger partial charge in [-0.05, 0) is 42.0 Å². The van der Waals surface area contributed by atoms with Gasteiger partial charge in [-0.3, -0.25) is 0 Å². The van der Waals surface area contributed by atoms with Crippen LogP contribution in [-0.4, -0.2) is 53.3 Å². The third-order valence-electron chi connectivity index (χ3n) is 5.58. The van der Waals surface area contributed by atoms with Crippen molar-refractivity contribution in [2.24, 2.45) is 0 Å². The number of aromatic amines is 1. The second kappa shape index (κ2) is 9.36. The van der Waals surface area contributed by atoms with Crippen LogP contribution in [0.2, 0.25) is 0 Å². The zero-order valence-electron chi connectivity index (χ0n) is 18.6. The SMILES string of the molecule is COc1cc(N2CCOCC2)c(N)cc1Nc1nccc(-c2ncc(-c3ccc(F)cc3)[nH]2)n1. The van der Waals surface area contributed by atoms with Crippen LogP contribution in [0, 0.1) is 5.82 Å². The number of methoxy groups -OCH3 is 1. The number of ether oxygens (including phenoxy) is 2. The maximum Gasteiger partial charge on any atom is 0.227 e. The number of hydrogen-bond donors (Lipinski definition) is 3. The molecule has 10 heteroatoms. The van der Waals surface area contributed by atoms with E-state index in [1.54, 1.807) is 37.7 Å². The van der Waals surface area contributed by atoms with Gasteiger partial charge in [-0.25, -0.2) is 19.3 Å². The summed E-state index contributed by atoms with van der Waals surface area (Å²) < 4.78 is 24.3. The molecule has 0 bridgehead atoms. The van der Waals surface area contributed by atoms with Crippen molar-refractivity contribution in [3.8, 4) is 28.5 Å². The fourth-order valence-electron chi connectivity index (χ4n) is 3.83. The molecule has 2 aromatic heterocycles. The standard InChI is InChI=1S/C24H24FN7O2/c1-33-22-13-21(32-8-10-34-11-9-32)17(26)12-19(22)31-24-27-7-6-18(30-24)23-28-14-20(29-23)15-2-4-16(25)5-3-15/h2-7,12-14H,8-11,26H2,1H3,(H,28,29)(H,27,30,31). The molecular weight excluding hydrogens is 437 g/mol. The number of imidazole rings is 1. The van der Waals surface area contributed by atoms with Crippen LogP contribution < -0.4 is 20.7 Å². The van der Waals surface area contributed by atoms with E-state index in [0.717, 1.165) is 30.0 Å². The minimum Gasteiger partial charge on any atom is -0.494 e. The van der Waals surface area contributed by atoms with Crippen molar-refractivity contribution in [2.75, 3.05) is 49.4 Å². The first-order valence-corrected chi connectivity index (χ1v) is 10.8. The second-order valence-electron chi connectivity index (χ2n) is 7.75. The number of benzene rings is 2. The molecule has 9 nitrogen and oxygen atoms in total.